The number of phenols is 1. The molecule has 180 valence electrons. The second-order valence-electron chi connectivity index (χ2n) is 6.94. The van der Waals surface area contributed by atoms with Crippen LogP contribution in [0.5, 0.6) is 28.7 Å². The zero-order chi connectivity index (χ0) is 24.9. The predicted molar refractivity (Wildman–Crippen MR) is 132 cm³/mol. The molecule has 3 aromatic carbocycles. The molecular weight excluding hydrogens is 482 g/mol. The summed E-state index contributed by atoms with van der Waals surface area (Å²) in [7, 11) is 1.83. The minimum absolute atomic E-state index is 0.0300. The van der Waals surface area contributed by atoms with Crippen LogP contribution in [-0.2, 0) is 10.0 Å². The van der Waals surface area contributed by atoms with Crippen molar-refractivity contribution >= 4 is 39.5 Å². The van der Waals surface area contributed by atoms with Crippen LogP contribution in [0.2, 0.25) is 5.02 Å². The number of hydrogen-bond acceptors (Lipinski definition) is 7. The highest BCUT2D eigenvalue weighted by Gasteiger charge is 2.21. The van der Waals surface area contributed by atoms with Crippen LogP contribution in [0.4, 0.5) is 5.69 Å². The number of benzene rings is 3. The summed E-state index contributed by atoms with van der Waals surface area (Å²) in [5.74, 6) is 1.12. The Morgan fingerprint density at radius 1 is 0.853 bits per heavy atom. The number of sulfonamides is 1. The van der Waals surface area contributed by atoms with Gasteiger partial charge in [0.2, 0.25) is 5.75 Å². The number of aromatic hydroxyl groups is 1. The van der Waals surface area contributed by atoms with Crippen molar-refractivity contribution in [2.45, 2.75) is 4.90 Å². The van der Waals surface area contributed by atoms with E-state index in [9.17, 15) is 13.5 Å². The molecule has 34 heavy (non-hydrogen) atoms. The lowest BCUT2D eigenvalue weighted by Gasteiger charge is -2.16. The molecule has 0 heterocycles. The van der Waals surface area contributed by atoms with E-state index in [0.29, 0.717) is 28.4 Å². The average Bonchev–Trinajstić information content (AvgIpc) is 2.82. The zero-order valence-electron chi connectivity index (χ0n) is 19.0. The van der Waals surface area contributed by atoms with E-state index in [0.717, 1.165) is 0 Å². The Hall–Kier alpha value is -3.56. The molecule has 0 bridgehead atoms. The second kappa shape index (κ2) is 10.6. The van der Waals surface area contributed by atoms with Crippen molar-refractivity contribution in [2.75, 3.05) is 33.2 Å². The van der Waals surface area contributed by atoms with Gasteiger partial charge in [-0.1, -0.05) is 29.8 Å². The van der Waals surface area contributed by atoms with E-state index in [1.54, 1.807) is 36.4 Å². The summed E-state index contributed by atoms with van der Waals surface area (Å²) in [6, 6.07) is 12.3. The van der Waals surface area contributed by atoms with Gasteiger partial charge in [0.1, 0.15) is 5.69 Å². The Morgan fingerprint density at radius 3 is 2.06 bits per heavy atom. The van der Waals surface area contributed by atoms with Gasteiger partial charge in [-0.3, -0.25) is 4.72 Å². The first-order valence-corrected chi connectivity index (χ1v) is 11.8. The van der Waals surface area contributed by atoms with Crippen molar-refractivity contribution in [2.24, 2.45) is 0 Å². The number of ether oxygens (including phenoxy) is 4. The molecule has 0 spiro atoms. The number of halogens is 1. The van der Waals surface area contributed by atoms with Crippen LogP contribution in [0.15, 0.2) is 53.4 Å². The number of anilines is 1. The maximum Gasteiger partial charge on any atom is 0.262 e. The van der Waals surface area contributed by atoms with Gasteiger partial charge < -0.3 is 24.1 Å². The highest BCUT2D eigenvalue weighted by molar-refractivity contribution is 7.92. The summed E-state index contributed by atoms with van der Waals surface area (Å²) >= 11 is 5.96. The van der Waals surface area contributed by atoms with Crippen molar-refractivity contribution in [3.63, 3.8) is 0 Å². The minimum atomic E-state index is -4.04. The third kappa shape index (κ3) is 5.32. The summed E-state index contributed by atoms with van der Waals surface area (Å²) in [5.41, 5.74) is 1.20. The summed E-state index contributed by atoms with van der Waals surface area (Å²) < 4.78 is 49.9. The third-order valence-electron chi connectivity index (χ3n) is 4.86. The van der Waals surface area contributed by atoms with Crippen molar-refractivity contribution < 1.29 is 32.5 Å². The summed E-state index contributed by atoms with van der Waals surface area (Å²) in [6.45, 7) is 0. The highest BCUT2D eigenvalue weighted by Crippen LogP contribution is 2.41. The van der Waals surface area contributed by atoms with Crippen molar-refractivity contribution in [3.05, 3.63) is 64.7 Å². The fourth-order valence-corrected chi connectivity index (χ4v) is 4.64. The molecule has 3 rings (SSSR count). The largest absolute Gasteiger partial charge is 0.504 e. The maximum atomic E-state index is 13.0. The summed E-state index contributed by atoms with van der Waals surface area (Å²) in [6.07, 6.45) is 3.39. The topological polar surface area (TPSA) is 103 Å². The molecule has 3 aromatic rings. The first-order chi connectivity index (χ1) is 16.2. The number of hydrogen-bond donors (Lipinski definition) is 2. The van der Waals surface area contributed by atoms with Crippen molar-refractivity contribution in [1.82, 2.24) is 0 Å². The van der Waals surface area contributed by atoms with E-state index in [-0.39, 0.29) is 27.1 Å². The molecule has 0 fully saturated rings. The van der Waals surface area contributed by atoms with Crippen molar-refractivity contribution in [3.8, 4) is 28.7 Å². The van der Waals surface area contributed by atoms with E-state index in [1.807, 2.05) is 0 Å². The molecule has 0 atom stereocenters. The normalized spacial score (nSPS) is 11.3. The van der Waals surface area contributed by atoms with Gasteiger partial charge in [0.05, 0.1) is 33.3 Å². The second-order valence-corrected chi connectivity index (χ2v) is 9.06. The van der Waals surface area contributed by atoms with Crippen LogP contribution in [0, 0.1) is 0 Å². The van der Waals surface area contributed by atoms with Crippen LogP contribution >= 0.6 is 11.6 Å². The Balaban J connectivity index is 2.08. The SMILES string of the molecule is COc1cc(C=Cc2ccc(O)c(OC)c2NS(=O)(=O)c2cccc(Cl)c2)cc(OC)c1OC. The number of phenolic OH excluding ortho intramolecular Hbond substituents is 1. The molecule has 8 nitrogen and oxygen atoms in total. The molecule has 0 saturated heterocycles. The number of methoxy groups -OCH3 is 4. The van der Waals surface area contributed by atoms with Gasteiger partial charge >= 0.3 is 0 Å². The Labute approximate surface area is 203 Å². The molecule has 2 N–H and O–H groups in total. The molecular formula is C24H24ClNO7S. The van der Waals surface area contributed by atoms with Gasteiger partial charge in [-0.25, -0.2) is 8.42 Å². The predicted octanol–water partition coefficient (Wildman–Crippen LogP) is 5.05. The van der Waals surface area contributed by atoms with Crippen LogP contribution < -0.4 is 23.7 Å². The lowest BCUT2D eigenvalue weighted by molar-refractivity contribution is 0.324. The van der Waals surface area contributed by atoms with Gasteiger partial charge in [0.25, 0.3) is 10.0 Å². The fraction of sp³-hybridized carbons (Fsp3) is 0.167. The lowest BCUT2D eigenvalue weighted by atomic mass is 10.1. The molecule has 0 amide bonds. The number of nitrogens with one attached hydrogen (secondary N) is 1. The lowest BCUT2D eigenvalue weighted by Crippen LogP contribution is -2.14. The van der Waals surface area contributed by atoms with Gasteiger partial charge in [-0.15, -0.1) is 0 Å². The fourth-order valence-electron chi connectivity index (χ4n) is 3.25. The molecule has 0 radical (unpaired) electrons. The standard InChI is InChI=1S/C24H24ClNO7S/c1-30-20-12-15(13-21(31-2)24(20)33-4)8-9-16-10-11-19(27)23(32-3)22(16)26-34(28,29)18-7-5-6-17(25)14-18/h5-14,26-27H,1-4H3. The molecule has 0 aliphatic rings. The van der Waals surface area contributed by atoms with E-state index < -0.39 is 10.0 Å². The van der Waals surface area contributed by atoms with Crippen LogP contribution in [0.1, 0.15) is 11.1 Å². The van der Waals surface area contributed by atoms with Gasteiger partial charge in [0, 0.05) is 10.6 Å². The summed E-state index contributed by atoms with van der Waals surface area (Å²) in [4.78, 5) is -0.0371. The van der Waals surface area contributed by atoms with Gasteiger partial charge in [0.15, 0.2) is 23.0 Å². The average molecular weight is 506 g/mol. The van der Waals surface area contributed by atoms with Crippen LogP contribution in [-0.4, -0.2) is 42.0 Å². The van der Waals surface area contributed by atoms with Crippen LogP contribution in [0.25, 0.3) is 12.2 Å². The van der Waals surface area contributed by atoms with Crippen molar-refractivity contribution in [1.29, 1.82) is 0 Å². The van der Waals surface area contributed by atoms with E-state index in [1.165, 1.54) is 52.7 Å². The smallest absolute Gasteiger partial charge is 0.262 e. The molecule has 10 heteroatoms. The minimum Gasteiger partial charge on any atom is -0.504 e. The van der Waals surface area contributed by atoms with Gasteiger partial charge in [-0.2, -0.15) is 0 Å². The maximum absolute atomic E-state index is 13.0. The zero-order valence-corrected chi connectivity index (χ0v) is 20.5. The monoisotopic (exact) mass is 505 g/mol. The molecule has 0 aliphatic carbocycles. The Bertz CT molecular complexity index is 1300. The van der Waals surface area contributed by atoms with E-state index >= 15 is 0 Å². The molecule has 0 unspecified atom stereocenters. The first kappa shape index (κ1) is 25.1. The number of rotatable bonds is 9. The molecule has 0 saturated carbocycles. The van der Waals surface area contributed by atoms with Gasteiger partial charge in [-0.05, 0) is 48.0 Å². The summed E-state index contributed by atoms with van der Waals surface area (Å²) in [5, 5.41) is 10.5. The molecule has 0 aromatic heterocycles. The van der Waals surface area contributed by atoms with Crippen LogP contribution in [0.3, 0.4) is 0 Å². The molecule has 0 aliphatic heterocycles. The Kier molecular flexibility index (Phi) is 7.80. The first-order valence-electron chi connectivity index (χ1n) is 9.90. The highest BCUT2D eigenvalue weighted by atomic mass is 35.5. The van der Waals surface area contributed by atoms with E-state index in [2.05, 4.69) is 4.72 Å². The Morgan fingerprint density at radius 2 is 1.50 bits per heavy atom. The quantitative estimate of drug-likeness (QED) is 0.392. The third-order valence-corrected chi connectivity index (χ3v) is 6.44. The van der Waals surface area contributed by atoms with E-state index in [4.69, 9.17) is 30.5 Å².